The Bertz CT molecular complexity index is 1120. The number of fused-ring (bicyclic) bond motifs is 1. The minimum Gasteiger partial charge on any atom is -0.271 e. The number of pyridine rings is 1. The molecule has 0 fully saturated rings. The minimum absolute atomic E-state index is 0.238. The summed E-state index contributed by atoms with van der Waals surface area (Å²) in [5.41, 5.74) is 3.50. The highest BCUT2D eigenvalue weighted by atomic mass is 35.5. The lowest BCUT2D eigenvalue weighted by atomic mass is 10.0. The van der Waals surface area contributed by atoms with E-state index < -0.39 is 0 Å². The number of aryl methyl sites for hydroxylation is 2. The summed E-state index contributed by atoms with van der Waals surface area (Å²) >= 11 is 5.96. The molecule has 7 heteroatoms. The molecule has 0 saturated heterocycles. The Hall–Kier alpha value is -2.99. The van der Waals surface area contributed by atoms with Crippen molar-refractivity contribution in [1.82, 2.24) is 24.7 Å². The van der Waals surface area contributed by atoms with Gasteiger partial charge in [-0.2, -0.15) is 4.68 Å². The molecular formula is C18H14ClN5O. The van der Waals surface area contributed by atoms with Crippen LogP contribution in [0.2, 0.25) is 5.02 Å². The summed E-state index contributed by atoms with van der Waals surface area (Å²) in [6, 6.07) is 11.0. The lowest BCUT2D eigenvalue weighted by Gasteiger charge is -2.02. The van der Waals surface area contributed by atoms with Crippen molar-refractivity contribution in [2.24, 2.45) is 0 Å². The van der Waals surface area contributed by atoms with Gasteiger partial charge in [-0.3, -0.25) is 9.89 Å². The van der Waals surface area contributed by atoms with Gasteiger partial charge in [0, 0.05) is 22.6 Å². The average molecular weight is 352 g/mol. The Balaban J connectivity index is 1.98. The second-order valence-electron chi connectivity index (χ2n) is 5.79. The third-order valence-corrected chi connectivity index (χ3v) is 4.16. The largest absolute Gasteiger partial charge is 0.284 e. The van der Waals surface area contributed by atoms with E-state index in [1.54, 1.807) is 18.3 Å². The summed E-state index contributed by atoms with van der Waals surface area (Å²) in [6.07, 6.45) is 1.66. The molecule has 0 radical (unpaired) electrons. The van der Waals surface area contributed by atoms with Crippen LogP contribution < -0.4 is 5.56 Å². The molecule has 0 aliphatic rings. The zero-order chi connectivity index (χ0) is 17.6. The highest BCUT2D eigenvalue weighted by Gasteiger charge is 2.16. The Morgan fingerprint density at radius 3 is 2.40 bits per heavy atom. The van der Waals surface area contributed by atoms with Crippen LogP contribution in [-0.2, 0) is 0 Å². The predicted molar refractivity (Wildman–Crippen MR) is 97.2 cm³/mol. The lowest BCUT2D eigenvalue weighted by Crippen LogP contribution is -2.18. The maximum absolute atomic E-state index is 13.0. The molecule has 0 unspecified atom stereocenters. The van der Waals surface area contributed by atoms with Crippen molar-refractivity contribution >= 4 is 22.6 Å². The standard InChI is InChI=1S/C18H14ClN5O/c1-10-9-11(2)22-18(21-10)24-17(25)15-14(7-8-20-16(15)23-24)12-3-5-13(19)6-4-12/h3-9H,1-2H3,(H,20,23). The number of benzene rings is 1. The summed E-state index contributed by atoms with van der Waals surface area (Å²) in [6.45, 7) is 3.73. The van der Waals surface area contributed by atoms with Crippen LogP contribution in [-0.4, -0.2) is 24.7 Å². The first-order valence-corrected chi connectivity index (χ1v) is 8.09. The third kappa shape index (κ3) is 2.70. The van der Waals surface area contributed by atoms with Gasteiger partial charge >= 0.3 is 0 Å². The number of H-pyrrole nitrogens is 1. The maximum Gasteiger partial charge on any atom is 0.284 e. The molecule has 0 atom stereocenters. The molecule has 0 saturated carbocycles. The van der Waals surface area contributed by atoms with Gasteiger partial charge in [-0.05, 0) is 49.2 Å². The fourth-order valence-corrected chi connectivity index (χ4v) is 2.98. The van der Waals surface area contributed by atoms with Crippen LogP contribution in [0.1, 0.15) is 11.4 Å². The first kappa shape index (κ1) is 15.5. The monoisotopic (exact) mass is 351 g/mol. The van der Waals surface area contributed by atoms with Crippen molar-refractivity contribution in [3.8, 4) is 17.1 Å². The van der Waals surface area contributed by atoms with Gasteiger partial charge in [0.2, 0.25) is 0 Å². The summed E-state index contributed by atoms with van der Waals surface area (Å²) < 4.78 is 1.33. The van der Waals surface area contributed by atoms with E-state index in [1.165, 1.54) is 4.68 Å². The van der Waals surface area contributed by atoms with Gasteiger partial charge in [0.15, 0.2) is 5.65 Å². The van der Waals surface area contributed by atoms with Crippen molar-refractivity contribution in [1.29, 1.82) is 0 Å². The van der Waals surface area contributed by atoms with Crippen LogP contribution in [0.25, 0.3) is 28.1 Å². The van der Waals surface area contributed by atoms with Gasteiger partial charge in [0.25, 0.3) is 11.5 Å². The van der Waals surface area contributed by atoms with Crippen LogP contribution >= 0.6 is 11.6 Å². The lowest BCUT2D eigenvalue weighted by molar-refractivity contribution is 0.778. The van der Waals surface area contributed by atoms with E-state index in [4.69, 9.17) is 11.6 Å². The Morgan fingerprint density at radius 2 is 1.72 bits per heavy atom. The number of halogens is 1. The van der Waals surface area contributed by atoms with Crippen LogP contribution in [0.15, 0.2) is 47.4 Å². The van der Waals surface area contributed by atoms with Crippen LogP contribution in [0.4, 0.5) is 0 Å². The summed E-state index contributed by atoms with van der Waals surface area (Å²) in [5.74, 6) is 0.308. The molecule has 3 aromatic heterocycles. The van der Waals surface area contributed by atoms with E-state index in [9.17, 15) is 4.79 Å². The molecule has 0 bridgehead atoms. The number of nitrogens with zero attached hydrogens (tertiary/aromatic N) is 4. The molecule has 6 nitrogen and oxygen atoms in total. The van der Waals surface area contributed by atoms with Crippen LogP contribution in [0.3, 0.4) is 0 Å². The number of aromatic nitrogens is 5. The molecule has 0 spiro atoms. The van der Waals surface area contributed by atoms with Crippen LogP contribution in [0.5, 0.6) is 0 Å². The summed E-state index contributed by atoms with van der Waals surface area (Å²) in [4.78, 5) is 26.0. The molecular weight excluding hydrogens is 338 g/mol. The van der Waals surface area contributed by atoms with E-state index in [0.29, 0.717) is 22.0 Å². The number of nitrogens with one attached hydrogen (secondary N) is 1. The summed E-state index contributed by atoms with van der Waals surface area (Å²) in [5, 5.41) is 4.13. The highest BCUT2D eigenvalue weighted by molar-refractivity contribution is 6.30. The predicted octanol–water partition coefficient (Wildman–Crippen LogP) is 3.44. The molecule has 4 aromatic rings. The van der Waals surface area contributed by atoms with E-state index in [2.05, 4.69) is 20.1 Å². The van der Waals surface area contributed by atoms with Crippen molar-refractivity contribution in [3.05, 3.63) is 69.4 Å². The van der Waals surface area contributed by atoms with E-state index >= 15 is 0 Å². The Labute approximate surface area is 148 Å². The van der Waals surface area contributed by atoms with Crippen molar-refractivity contribution in [2.45, 2.75) is 13.8 Å². The zero-order valence-electron chi connectivity index (χ0n) is 13.6. The molecule has 25 heavy (non-hydrogen) atoms. The smallest absolute Gasteiger partial charge is 0.271 e. The van der Waals surface area contributed by atoms with Gasteiger partial charge in [-0.1, -0.05) is 23.7 Å². The molecule has 3 heterocycles. The second kappa shape index (κ2) is 5.82. The zero-order valence-corrected chi connectivity index (χ0v) is 14.4. The van der Waals surface area contributed by atoms with Gasteiger partial charge in [-0.15, -0.1) is 0 Å². The molecule has 0 aliphatic carbocycles. The van der Waals surface area contributed by atoms with Crippen molar-refractivity contribution in [3.63, 3.8) is 0 Å². The molecule has 0 aliphatic heterocycles. The fourth-order valence-electron chi connectivity index (χ4n) is 2.85. The SMILES string of the molecule is Cc1cc(C)nc(-n2[nH]c3nccc(-c4ccc(Cl)cc4)c3c2=O)n1. The van der Waals surface area contributed by atoms with Gasteiger partial charge in [0.05, 0.1) is 5.39 Å². The number of rotatable bonds is 2. The maximum atomic E-state index is 13.0. The van der Waals surface area contributed by atoms with Gasteiger partial charge < -0.3 is 0 Å². The van der Waals surface area contributed by atoms with Gasteiger partial charge in [-0.25, -0.2) is 15.0 Å². The normalized spacial score (nSPS) is 11.2. The highest BCUT2D eigenvalue weighted by Crippen LogP contribution is 2.26. The molecule has 1 N–H and O–H groups in total. The van der Waals surface area contributed by atoms with Crippen molar-refractivity contribution < 1.29 is 0 Å². The van der Waals surface area contributed by atoms with E-state index in [0.717, 1.165) is 22.5 Å². The van der Waals surface area contributed by atoms with Crippen LogP contribution in [0, 0.1) is 13.8 Å². The first-order valence-electron chi connectivity index (χ1n) is 7.71. The molecule has 124 valence electrons. The molecule has 1 aromatic carbocycles. The number of hydrogen-bond acceptors (Lipinski definition) is 4. The quantitative estimate of drug-likeness (QED) is 0.600. The number of hydrogen-bond donors (Lipinski definition) is 1. The molecule has 0 amide bonds. The number of aromatic amines is 1. The Morgan fingerprint density at radius 1 is 1.04 bits per heavy atom. The summed E-state index contributed by atoms with van der Waals surface area (Å²) in [7, 11) is 0. The Kier molecular flexibility index (Phi) is 3.62. The first-order chi connectivity index (χ1) is 12.0. The second-order valence-corrected chi connectivity index (χ2v) is 6.23. The topological polar surface area (TPSA) is 76.5 Å². The third-order valence-electron chi connectivity index (χ3n) is 3.91. The van der Waals surface area contributed by atoms with E-state index in [-0.39, 0.29) is 5.56 Å². The molecule has 4 rings (SSSR count). The van der Waals surface area contributed by atoms with E-state index in [1.807, 2.05) is 38.1 Å². The van der Waals surface area contributed by atoms with Crippen molar-refractivity contribution in [2.75, 3.05) is 0 Å². The minimum atomic E-state index is -0.238. The van der Waals surface area contributed by atoms with Gasteiger partial charge in [0.1, 0.15) is 0 Å². The average Bonchev–Trinajstić information content (AvgIpc) is 2.92. The fraction of sp³-hybridized carbons (Fsp3) is 0.111.